The van der Waals surface area contributed by atoms with E-state index in [9.17, 15) is 14.4 Å². The molecule has 1 amide bonds. The number of fused-ring (bicyclic) bond motifs is 1. The summed E-state index contributed by atoms with van der Waals surface area (Å²) in [5.41, 5.74) is -1.66. The zero-order chi connectivity index (χ0) is 15.6. The number of carbonyl (C=O) groups excluding carboxylic acids is 1. The average Bonchev–Trinajstić information content (AvgIpc) is 2.90. The maximum absolute atomic E-state index is 12.1. The molecular formula is C13H15N3O4S. The van der Waals surface area contributed by atoms with E-state index >= 15 is 0 Å². The van der Waals surface area contributed by atoms with Gasteiger partial charge in [-0.25, -0.2) is 9.78 Å². The number of aromatic nitrogens is 2. The number of rotatable bonds is 5. The molecular weight excluding hydrogens is 294 g/mol. The highest BCUT2D eigenvalue weighted by Gasteiger charge is 2.32. The Balaban J connectivity index is 2.20. The molecule has 112 valence electrons. The van der Waals surface area contributed by atoms with Crippen molar-refractivity contribution in [3.63, 3.8) is 0 Å². The molecule has 8 heteroatoms. The molecule has 0 aliphatic carbocycles. The third kappa shape index (κ3) is 2.94. The van der Waals surface area contributed by atoms with Crippen molar-refractivity contribution in [2.75, 3.05) is 0 Å². The van der Waals surface area contributed by atoms with Gasteiger partial charge in [-0.3, -0.25) is 14.2 Å². The SMILES string of the molecule is CCC(C)(NC(=O)Cn1cnc2sccc2c1=O)C(=O)O. The van der Waals surface area contributed by atoms with E-state index in [1.807, 2.05) is 0 Å². The van der Waals surface area contributed by atoms with Crippen LogP contribution in [-0.2, 0) is 16.1 Å². The van der Waals surface area contributed by atoms with Crippen molar-refractivity contribution in [1.82, 2.24) is 14.9 Å². The predicted molar refractivity (Wildman–Crippen MR) is 78.4 cm³/mol. The number of aliphatic carboxylic acids is 1. The maximum Gasteiger partial charge on any atom is 0.329 e. The molecule has 0 spiro atoms. The molecule has 2 aromatic rings. The Hall–Kier alpha value is -2.22. The first-order valence-corrected chi connectivity index (χ1v) is 7.22. The molecule has 0 aliphatic heterocycles. The minimum absolute atomic E-state index is 0.241. The van der Waals surface area contributed by atoms with E-state index in [4.69, 9.17) is 5.11 Å². The normalized spacial score (nSPS) is 13.8. The van der Waals surface area contributed by atoms with Gasteiger partial charge in [-0.05, 0) is 24.8 Å². The summed E-state index contributed by atoms with van der Waals surface area (Å²) >= 11 is 1.34. The molecule has 2 aromatic heterocycles. The van der Waals surface area contributed by atoms with Crippen molar-refractivity contribution in [1.29, 1.82) is 0 Å². The Kier molecular flexibility index (Phi) is 4.08. The number of nitrogens with one attached hydrogen (secondary N) is 1. The molecule has 1 atom stereocenters. The monoisotopic (exact) mass is 309 g/mol. The van der Waals surface area contributed by atoms with Crippen LogP contribution in [0.2, 0.25) is 0 Å². The lowest BCUT2D eigenvalue weighted by molar-refractivity contribution is -0.147. The first kappa shape index (κ1) is 15.2. The molecule has 0 aliphatic rings. The van der Waals surface area contributed by atoms with E-state index in [0.29, 0.717) is 10.2 Å². The number of hydrogen-bond acceptors (Lipinski definition) is 5. The Morgan fingerprint density at radius 3 is 2.86 bits per heavy atom. The van der Waals surface area contributed by atoms with Crippen molar-refractivity contribution >= 4 is 33.4 Å². The molecule has 0 radical (unpaired) electrons. The molecule has 0 bridgehead atoms. The predicted octanol–water partition coefficient (Wildman–Crippen LogP) is 0.827. The highest BCUT2D eigenvalue weighted by Crippen LogP contribution is 2.13. The van der Waals surface area contributed by atoms with Crippen LogP contribution < -0.4 is 10.9 Å². The van der Waals surface area contributed by atoms with Crippen LogP contribution in [-0.4, -0.2) is 32.1 Å². The summed E-state index contributed by atoms with van der Waals surface area (Å²) in [5, 5.41) is 13.8. The van der Waals surface area contributed by atoms with E-state index in [2.05, 4.69) is 10.3 Å². The summed E-state index contributed by atoms with van der Waals surface area (Å²) in [6.45, 7) is 2.83. The van der Waals surface area contributed by atoms with Crippen LogP contribution in [0.25, 0.3) is 10.2 Å². The van der Waals surface area contributed by atoms with E-state index in [1.54, 1.807) is 18.4 Å². The molecule has 7 nitrogen and oxygen atoms in total. The Labute approximate surface area is 124 Å². The summed E-state index contributed by atoms with van der Waals surface area (Å²) < 4.78 is 1.17. The second-order valence-corrected chi connectivity index (χ2v) is 5.75. The molecule has 0 aromatic carbocycles. The highest BCUT2D eigenvalue weighted by molar-refractivity contribution is 7.16. The van der Waals surface area contributed by atoms with Crippen LogP contribution >= 0.6 is 11.3 Å². The molecule has 0 fully saturated rings. The van der Waals surface area contributed by atoms with Gasteiger partial charge in [0, 0.05) is 0 Å². The number of thiophene rings is 1. The lowest BCUT2D eigenvalue weighted by atomic mass is 9.99. The quantitative estimate of drug-likeness (QED) is 0.852. The number of hydrogen-bond donors (Lipinski definition) is 2. The summed E-state index contributed by atoms with van der Waals surface area (Å²) in [4.78, 5) is 39.9. The molecule has 2 N–H and O–H groups in total. The maximum atomic E-state index is 12.1. The Bertz CT molecular complexity index is 751. The van der Waals surface area contributed by atoms with Crippen LogP contribution in [0.5, 0.6) is 0 Å². The number of nitrogens with zero attached hydrogens (tertiary/aromatic N) is 2. The first-order chi connectivity index (χ1) is 9.87. The minimum Gasteiger partial charge on any atom is -0.480 e. The van der Waals surface area contributed by atoms with Crippen LogP contribution in [0.1, 0.15) is 20.3 Å². The fourth-order valence-electron chi connectivity index (χ4n) is 1.80. The zero-order valence-corrected chi connectivity index (χ0v) is 12.4. The van der Waals surface area contributed by atoms with Gasteiger partial charge in [0.1, 0.15) is 16.9 Å². The van der Waals surface area contributed by atoms with E-state index < -0.39 is 17.4 Å². The fourth-order valence-corrected chi connectivity index (χ4v) is 2.52. The van der Waals surface area contributed by atoms with Crippen LogP contribution in [0, 0.1) is 0 Å². The van der Waals surface area contributed by atoms with Gasteiger partial charge in [0.15, 0.2) is 0 Å². The molecule has 0 saturated heterocycles. The van der Waals surface area contributed by atoms with Gasteiger partial charge in [0.25, 0.3) is 5.56 Å². The van der Waals surface area contributed by atoms with Crippen molar-refractivity contribution in [2.45, 2.75) is 32.4 Å². The van der Waals surface area contributed by atoms with E-state index in [-0.39, 0.29) is 18.5 Å². The average molecular weight is 309 g/mol. The standard InChI is InChI=1S/C13H15N3O4S/c1-3-13(2,12(19)20)15-9(17)6-16-7-14-10-8(11(16)18)4-5-21-10/h4-5,7H,3,6H2,1-2H3,(H,15,17)(H,19,20). The largest absolute Gasteiger partial charge is 0.480 e. The van der Waals surface area contributed by atoms with Gasteiger partial charge < -0.3 is 10.4 Å². The number of carboxylic acid groups (broad SMARTS) is 1. The van der Waals surface area contributed by atoms with E-state index in [0.717, 1.165) is 0 Å². The Morgan fingerprint density at radius 2 is 2.24 bits per heavy atom. The number of carbonyl (C=O) groups is 2. The van der Waals surface area contributed by atoms with Gasteiger partial charge in [0.2, 0.25) is 5.91 Å². The van der Waals surface area contributed by atoms with Gasteiger partial charge in [-0.15, -0.1) is 11.3 Å². The molecule has 1 unspecified atom stereocenters. The van der Waals surface area contributed by atoms with Crippen molar-refractivity contribution in [2.24, 2.45) is 0 Å². The second-order valence-electron chi connectivity index (χ2n) is 4.86. The third-order valence-electron chi connectivity index (χ3n) is 3.36. The lowest BCUT2D eigenvalue weighted by Gasteiger charge is -2.24. The molecule has 21 heavy (non-hydrogen) atoms. The highest BCUT2D eigenvalue weighted by atomic mass is 32.1. The molecule has 2 rings (SSSR count). The van der Waals surface area contributed by atoms with Crippen molar-refractivity contribution in [3.8, 4) is 0 Å². The minimum atomic E-state index is -1.35. The van der Waals surface area contributed by atoms with E-state index in [1.165, 1.54) is 29.2 Å². The van der Waals surface area contributed by atoms with Gasteiger partial charge in [0.05, 0.1) is 11.7 Å². The topological polar surface area (TPSA) is 101 Å². The summed E-state index contributed by atoms with van der Waals surface area (Å²) in [6, 6.07) is 1.65. The number of carboxylic acids is 1. The smallest absolute Gasteiger partial charge is 0.329 e. The summed E-state index contributed by atoms with van der Waals surface area (Å²) in [6.07, 6.45) is 1.54. The Morgan fingerprint density at radius 1 is 1.52 bits per heavy atom. The molecule has 2 heterocycles. The van der Waals surface area contributed by atoms with Gasteiger partial charge in [-0.1, -0.05) is 6.92 Å². The summed E-state index contributed by atoms with van der Waals surface area (Å²) in [7, 11) is 0. The zero-order valence-electron chi connectivity index (χ0n) is 11.6. The van der Waals surface area contributed by atoms with Gasteiger partial charge >= 0.3 is 5.97 Å². The van der Waals surface area contributed by atoms with Crippen LogP contribution in [0.15, 0.2) is 22.6 Å². The first-order valence-electron chi connectivity index (χ1n) is 6.34. The van der Waals surface area contributed by atoms with Crippen molar-refractivity contribution < 1.29 is 14.7 Å². The second kappa shape index (κ2) is 5.65. The van der Waals surface area contributed by atoms with Crippen molar-refractivity contribution in [3.05, 3.63) is 28.1 Å². The van der Waals surface area contributed by atoms with Gasteiger partial charge in [-0.2, -0.15) is 0 Å². The lowest BCUT2D eigenvalue weighted by Crippen LogP contribution is -2.53. The molecule has 0 saturated carbocycles. The fraction of sp³-hybridized carbons (Fsp3) is 0.385. The third-order valence-corrected chi connectivity index (χ3v) is 4.18. The summed E-state index contributed by atoms with van der Waals surface area (Å²) in [5.74, 6) is -1.66. The number of amides is 1. The van der Waals surface area contributed by atoms with Crippen LogP contribution in [0.3, 0.4) is 0 Å². The van der Waals surface area contributed by atoms with Crippen LogP contribution in [0.4, 0.5) is 0 Å².